The zero-order valence-electron chi connectivity index (χ0n) is 14.1. The molecule has 2 amide bonds. The minimum atomic E-state index is -0.598. The highest BCUT2D eigenvalue weighted by molar-refractivity contribution is 9.10. The fourth-order valence-electron chi connectivity index (χ4n) is 2.25. The van der Waals surface area contributed by atoms with Crippen LogP contribution in [0.1, 0.15) is 28.4 Å². The molecule has 2 aromatic rings. The van der Waals surface area contributed by atoms with Crippen LogP contribution in [0, 0.1) is 0 Å². The zero-order valence-corrected chi connectivity index (χ0v) is 15.7. The molecule has 25 heavy (non-hydrogen) atoms. The molecule has 0 saturated heterocycles. The summed E-state index contributed by atoms with van der Waals surface area (Å²) in [5, 5.41) is 5.55. The van der Waals surface area contributed by atoms with E-state index >= 15 is 0 Å². The van der Waals surface area contributed by atoms with E-state index in [4.69, 9.17) is 0 Å². The van der Waals surface area contributed by atoms with Gasteiger partial charge in [0, 0.05) is 16.6 Å². The summed E-state index contributed by atoms with van der Waals surface area (Å²) in [5.74, 6) is -0.469. The van der Waals surface area contributed by atoms with Crippen LogP contribution in [0.4, 0.5) is 0 Å². The molecule has 5 heteroatoms. The maximum atomic E-state index is 12.1. The first-order valence-corrected chi connectivity index (χ1v) is 8.84. The van der Waals surface area contributed by atoms with Crippen LogP contribution in [-0.2, 0) is 11.2 Å². The number of carbonyl (C=O) groups is 2. The van der Waals surface area contributed by atoms with E-state index in [2.05, 4.69) is 33.1 Å². The maximum Gasteiger partial charge on any atom is 0.251 e. The minimum Gasteiger partial charge on any atom is -0.354 e. The Kier molecular flexibility index (Phi) is 6.95. The summed E-state index contributed by atoms with van der Waals surface area (Å²) in [6.07, 6.45) is 2.53. The number of benzene rings is 2. The van der Waals surface area contributed by atoms with Gasteiger partial charge in [-0.25, -0.2) is 0 Å². The van der Waals surface area contributed by atoms with Crippen molar-refractivity contribution in [1.82, 2.24) is 10.6 Å². The molecule has 0 aliphatic rings. The molecular formula is C20H21BrN2O2. The highest BCUT2D eigenvalue weighted by Crippen LogP contribution is 2.10. The Hall–Kier alpha value is -2.40. The Morgan fingerprint density at radius 3 is 2.36 bits per heavy atom. The number of rotatable bonds is 7. The molecule has 1 atom stereocenters. The number of halogens is 1. The van der Waals surface area contributed by atoms with Gasteiger partial charge in [0.25, 0.3) is 5.91 Å². The largest absolute Gasteiger partial charge is 0.354 e. The second kappa shape index (κ2) is 9.18. The SMILES string of the molecule is C=Cc1ccc(CCNC(=O)[C@H](C)NC(=O)c2ccc(Br)cc2)cc1. The summed E-state index contributed by atoms with van der Waals surface area (Å²) < 4.78 is 0.899. The van der Waals surface area contributed by atoms with E-state index in [1.807, 2.05) is 24.3 Å². The second-order valence-electron chi connectivity index (χ2n) is 5.69. The minimum absolute atomic E-state index is 0.201. The molecule has 0 radical (unpaired) electrons. The molecule has 2 aromatic carbocycles. The molecule has 0 saturated carbocycles. The smallest absolute Gasteiger partial charge is 0.251 e. The van der Waals surface area contributed by atoms with Crippen LogP contribution in [0.15, 0.2) is 59.6 Å². The van der Waals surface area contributed by atoms with Crippen molar-refractivity contribution >= 4 is 33.8 Å². The lowest BCUT2D eigenvalue weighted by atomic mass is 10.1. The normalized spacial score (nSPS) is 11.4. The van der Waals surface area contributed by atoms with Gasteiger partial charge in [-0.3, -0.25) is 9.59 Å². The molecule has 0 bridgehead atoms. The third-order valence-corrected chi connectivity index (χ3v) is 4.30. The molecule has 0 spiro atoms. The molecule has 2 rings (SSSR count). The van der Waals surface area contributed by atoms with Crippen LogP contribution in [0.5, 0.6) is 0 Å². The summed E-state index contributed by atoms with van der Waals surface area (Å²) in [6.45, 7) is 5.91. The molecule has 0 aliphatic carbocycles. The van der Waals surface area contributed by atoms with Gasteiger partial charge in [-0.1, -0.05) is 52.9 Å². The van der Waals surface area contributed by atoms with Crippen molar-refractivity contribution in [1.29, 1.82) is 0 Å². The Labute approximate surface area is 156 Å². The molecule has 4 nitrogen and oxygen atoms in total. The van der Waals surface area contributed by atoms with Gasteiger partial charge in [-0.05, 0) is 48.7 Å². The Morgan fingerprint density at radius 1 is 1.12 bits per heavy atom. The molecule has 0 unspecified atom stereocenters. The van der Waals surface area contributed by atoms with Crippen LogP contribution < -0.4 is 10.6 Å². The first-order chi connectivity index (χ1) is 12.0. The van der Waals surface area contributed by atoms with Crippen LogP contribution >= 0.6 is 15.9 Å². The number of carbonyl (C=O) groups excluding carboxylic acids is 2. The predicted octanol–water partition coefficient (Wildman–Crippen LogP) is 3.57. The van der Waals surface area contributed by atoms with Crippen molar-refractivity contribution in [2.75, 3.05) is 6.54 Å². The fourth-order valence-corrected chi connectivity index (χ4v) is 2.51. The van der Waals surface area contributed by atoms with Crippen molar-refractivity contribution in [3.63, 3.8) is 0 Å². The van der Waals surface area contributed by atoms with Gasteiger partial charge in [0.05, 0.1) is 0 Å². The topological polar surface area (TPSA) is 58.2 Å². The number of hydrogen-bond acceptors (Lipinski definition) is 2. The maximum absolute atomic E-state index is 12.1. The monoisotopic (exact) mass is 400 g/mol. The second-order valence-corrected chi connectivity index (χ2v) is 6.60. The van der Waals surface area contributed by atoms with E-state index in [1.165, 1.54) is 0 Å². The van der Waals surface area contributed by atoms with E-state index < -0.39 is 6.04 Å². The standard InChI is InChI=1S/C20H21BrN2O2/c1-3-15-4-6-16(7-5-15)12-13-22-19(24)14(2)23-20(25)17-8-10-18(21)11-9-17/h3-11,14H,1,12-13H2,2H3,(H,22,24)(H,23,25)/t14-/m0/s1. The van der Waals surface area contributed by atoms with Crippen LogP contribution in [0.2, 0.25) is 0 Å². The fraction of sp³-hybridized carbons (Fsp3) is 0.200. The average Bonchev–Trinajstić information content (AvgIpc) is 2.62. The summed E-state index contributed by atoms with van der Waals surface area (Å²) >= 11 is 3.32. The van der Waals surface area contributed by atoms with Crippen molar-refractivity contribution < 1.29 is 9.59 Å². The van der Waals surface area contributed by atoms with Crippen molar-refractivity contribution in [2.45, 2.75) is 19.4 Å². The van der Waals surface area contributed by atoms with Gasteiger partial charge < -0.3 is 10.6 Å². The Bertz CT molecular complexity index is 739. The average molecular weight is 401 g/mol. The van der Waals surface area contributed by atoms with Crippen molar-refractivity contribution in [2.24, 2.45) is 0 Å². The molecular weight excluding hydrogens is 380 g/mol. The zero-order chi connectivity index (χ0) is 18.2. The Morgan fingerprint density at radius 2 is 1.76 bits per heavy atom. The van der Waals surface area contributed by atoms with Gasteiger partial charge >= 0.3 is 0 Å². The van der Waals surface area contributed by atoms with Crippen LogP contribution in [0.25, 0.3) is 6.08 Å². The third-order valence-electron chi connectivity index (χ3n) is 3.78. The highest BCUT2D eigenvalue weighted by atomic mass is 79.9. The van der Waals surface area contributed by atoms with Crippen molar-refractivity contribution in [3.05, 3.63) is 76.3 Å². The summed E-state index contributed by atoms with van der Waals surface area (Å²) in [5.41, 5.74) is 2.72. The first kappa shape index (κ1) is 18.9. The van der Waals surface area contributed by atoms with Gasteiger partial charge in [0.1, 0.15) is 6.04 Å². The van der Waals surface area contributed by atoms with Crippen LogP contribution in [0.3, 0.4) is 0 Å². The number of hydrogen-bond donors (Lipinski definition) is 2. The quantitative estimate of drug-likeness (QED) is 0.746. The third kappa shape index (κ3) is 5.87. The molecule has 0 aliphatic heterocycles. The number of nitrogens with one attached hydrogen (secondary N) is 2. The van der Waals surface area contributed by atoms with Crippen molar-refractivity contribution in [3.8, 4) is 0 Å². The Balaban J connectivity index is 1.78. The highest BCUT2D eigenvalue weighted by Gasteiger charge is 2.16. The van der Waals surface area contributed by atoms with E-state index in [0.29, 0.717) is 12.1 Å². The summed E-state index contributed by atoms with van der Waals surface area (Å²) in [6, 6.07) is 14.4. The molecule has 0 fully saturated rings. The molecule has 130 valence electrons. The van der Waals surface area contributed by atoms with E-state index in [9.17, 15) is 9.59 Å². The van der Waals surface area contributed by atoms with Crippen LogP contribution in [-0.4, -0.2) is 24.4 Å². The predicted molar refractivity (Wildman–Crippen MR) is 104 cm³/mol. The molecule has 0 heterocycles. The van der Waals surface area contributed by atoms with E-state index in [-0.39, 0.29) is 11.8 Å². The lowest BCUT2D eigenvalue weighted by Crippen LogP contribution is -2.45. The lowest BCUT2D eigenvalue weighted by Gasteiger charge is -2.14. The van der Waals surface area contributed by atoms with E-state index in [1.54, 1.807) is 37.3 Å². The van der Waals surface area contributed by atoms with Gasteiger partial charge in [-0.2, -0.15) is 0 Å². The summed E-state index contributed by atoms with van der Waals surface area (Å²) in [7, 11) is 0. The van der Waals surface area contributed by atoms with Gasteiger partial charge in [0.15, 0.2) is 0 Å². The molecule has 2 N–H and O–H groups in total. The van der Waals surface area contributed by atoms with Gasteiger partial charge in [0.2, 0.25) is 5.91 Å². The first-order valence-electron chi connectivity index (χ1n) is 8.05. The molecule has 0 aromatic heterocycles. The number of amides is 2. The lowest BCUT2D eigenvalue weighted by molar-refractivity contribution is -0.122. The van der Waals surface area contributed by atoms with E-state index in [0.717, 1.165) is 22.0 Å². The summed E-state index contributed by atoms with van der Waals surface area (Å²) in [4.78, 5) is 24.2. The van der Waals surface area contributed by atoms with Gasteiger partial charge in [-0.15, -0.1) is 0 Å².